The Balaban J connectivity index is 2.67. The summed E-state index contributed by atoms with van der Waals surface area (Å²) in [4.78, 5) is 51.1. The van der Waals surface area contributed by atoms with Crippen molar-refractivity contribution >= 4 is 23.9 Å². The number of carboxylic acids is 1. The van der Waals surface area contributed by atoms with Crippen LogP contribution in [-0.4, -0.2) is 89.2 Å². The van der Waals surface area contributed by atoms with Crippen LogP contribution in [0.1, 0.15) is 265 Å². The fraction of sp³-hybridized carbons (Fsp3) is 0.778. The zero-order valence-corrected chi connectivity index (χ0v) is 47.5. The minimum Gasteiger partial charge on any atom is -0.479 e. The van der Waals surface area contributed by atoms with Crippen LogP contribution >= 0.6 is 0 Å². The molecular formula is C63H108O12. The lowest BCUT2D eigenvalue weighted by molar-refractivity contribution is -0.301. The maximum absolute atomic E-state index is 13.1. The van der Waals surface area contributed by atoms with Crippen LogP contribution in [0.4, 0.5) is 0 Å². The van der Waals surface area contributed by atoms with Gasteiger partial charge in [0.2, 0.25) is 0 Å². The van der Waals surface area contributed by atoms with E-state index in [0.29, 0.717) is 19.3 Å². The van der Waals surface area contributed by atoms with Gasteiger partial charge >= 0.3 is 23.9 Å². The third kappa shape index (κ3) is 41.2. The average Bonchev–Trinajstić information content (AvgIpc) is 3.39. The van der Waals surface area contributed by atoms with Crippen LogP contribution < -0.4 is 0 Å². The van der Waals surface area contributed by atoms with Crippen molar-refractivity contribution < 1.29 is 58.2 Å². The first-order valence-electron chi connectivity index (χ1n) is 30.3. The Morgan fingerprint density at radius 2 is 0.840 bits per heavy atom. The van der Waals surface area contributed by atoms with E-state index in [1.54, 1.807) is 0 Å². The number of carbonyl (C=O) groups excluding carboxylic acids is 3. The van der Waals surface area contributed by atoms with E-state index in [-0.39, 0.29) is 25.9 Å². The number of carbonyl (C=O) groups is 4. The van der Waals surface area contributed by atoms with E-state index in [0.717, 1.165) is 96.3 Å². The number of unbranched alkanes of at least 4 members (excludes halogenated alkanes) is 27. The third-order valence-corrected chi connectivity index (χ3v) is 13.6. The van der Waals surface area contributed by atoms with Crippen molar-refractivity contribution in [2.45, 2.75) is 302 Å². The second kappa shape index (κ2) is 51.2. The molecule has 1 heterocycles. The molecule has 1 rings (SSSR count). The van der Waals surface area contributed by atoms with Gasteiger partial charge in [-0.25, -0.2) is 4.79 Å². The zero-order chi connectivity index (χ0) is 54.7. The molecule has 6 unspecified atom stereocenters. The molecule has 0 amide bonds. The van der Waals surface area contributed by atoms with Crippen molar-refractivity contribution in [2.75, 3.05) is 13.2 Å². The molecule has 0 radical (unpaired) electrons. The Labute approximate surface area is 456 Å². The highest BCUT2D eigenvalue weighted by molar-refractivity contribution is 5.74. The highest BCUT2D eigenvalue weighted by Crippen LogP contribution is 2.26. The average molecular weight is 1060 g/mol. The van der Waals surface area contributed by atoms with Crippen LogP contribution in [-0.2, 0) is 42.9 Å². The summed E-state index contributed by atoms with van der Waals surface area (Å²) in [6.45, 7) is 5.84. The summed E-state index contributed by atoms with van der Waals surface area (Å²) < 4.78 is 28.4. The number of rotatable bonds is 51. The normalized spacial score (nSPS) is 18.5. The van der Waals surface area contributed by atoms with E-state index in [4.69, 9.17) is 23.7 Å². The lowest BCUT2D eigenvalue weighted by atomic mass is 9.98. The molecule has 3 N–H and O–H groups in total. The number of hydrogen-bond acceptors (Lipinski definition) is 11. The SMILES string of the molecule is CC/C=C\C/C=C\C/C=C\CCCCCC(=O)OCC(COC1OC(C(=O)O)C(O)C(O)C1OC(=O)CCCCCCCCCCC/C=C\C/C=C\CCCCC)OC(=O)CCCCCCCCCCCCCCC. The molecule has 1 aliphatic heterocycles. The number of aliphatic hydroxyl groups excluding tert-OH is 2. The van der Waals surface area contributed by atoms with Crippen molar-refractivity contribution in [3.05, 3.63) is 60.8 Å². The van der Waals surface area contributed by atoms with Gasteiger partial charge in [0.25, 0.3) is 0 Å². The van der Waals surface area contributed by atoms with Gasteiger partial charge in [0, 0.05) is 19.3 Å². The summed E-state index contributed by atoms with van der Waals surface area (Å²) >= 11 is 0. The Morgan fingerprint density at radius 3 is 1.32 bits per heavy atom. The molecule has 12 heteroatoms. The first-order valence-corrected chi connectivity index (χ1v) is 30.3. The van der Waals surface area contributed by atoms with Crippen molar-refractivity contribution in [2.24, 2.45) is 0 Å². The van der Waals surface area contributed by atoms with Crippen LogP contribution in [0.3, 0.4) is 0 Å². The van der Waals surface area contributed by atoms with Crippen LogP contribution in [0.2, 0.25) is 0 Å². The molecular weight excluding hydrogens is 949 g/mol. The summed E-state index contributed by atoms with van der Waals surface area (Å²) in [6.07, 6.45) is 50.5. The lowest BCUT2D eigenvalue weighted by Crippen LogP contribution is -2.61. The summed E-state index contributed by atoms with van der Waals surface area (Å²) in [5, 5.41) is 31.5. The van der Waals surface area contributed by atoms with Crippen LogP contribution in [0.15, 0.2) is 60.8 Å². The molecule has 6 atom stereocenters. The van der Waals surface area contributed by atoms with E-state index in [9.17, 15) is 34.5 Å². The second-order valence-corrected chi connectivity index (χ2v) is 20.6. The van der Waals surface area contributed by atoms with Gasteiger partial charge in [-0.1, -0.05) is 223 Å². The molecule has 1 saturated heterocycles. The molecule has 0 bridgehead atoms. The van der Waals surface area contributed by atoms with Crippen molar-refractivity contribution in [3.63, 3.8) is 0 Å². The Hall–Kier alpha value is -3.58. The van der Waals surface area contributed by atoms with Gasteiger partial charge in [-0.3, -0.25) is 14.4 Å². The molecule has 0 aromatic rings. The van der Waals surface area contributed by atoms with Gasteiger partial charge < -0.3 is 39.0 Å². The zero-order valence-electron chi connectivity index (χ0n) is 47.5. The molecule has 432 valence electrons. The van der Waals surface area contributed by atoms with Gasteiger partial charge in [-0.05, 0) is 83.5 Å². The first kappa shape index (κ1) is 69.4. The van der Waals surface area contributed by atoms with Crippen molar-refractivity contribution in [3.8, 4) is 0 Å². The summed E-state index contributed by atoms with van der Waals surface area (Å²) in [6, 6.07) is 0. The second-order valence-electron chi connectivity index (χ2n) is 20.6. The van der Waals surface area contributed by atoms with Gasteiger partial charge in [0.05, 0.1) is 6.61 Å². The molecule has 0 spiro atoms. The van der Waals surface area contributed by atoms with E-state index < -0.39 is 67.3 Å². The summed E-state index contributed by atoms with van der Waals surface area (Å²) in [7, 11) is 0. The van der Waals surface area contributed by atoms with E-state index >= 15 is 0 Å². The minimum absolute atomic E-state index is 0.0532. The molecule has 75 heavy (non-hydrogen) atoms. The molecule has 12 nitrogen and oxygen atoms in total. The van der Waals surface area contributed by atoms with Crippen LogP contribution in [0.25, 0.3) is 0 Å². The molecule has 0 aromatic carbocycles. The molecule has 0 saturated carbocycles. The highest BCUT2D eigenvalue weighted by Gasteiger charge is 2.50. The molecule has 0 aliphatic carbocycles. The van der Waals surface area contributed by atoms with Gasteiger partial charge in [-0.15, -0.1) is 0 Å². The van der Waals surface area contributed by atoms with E-state index in [1.165, 1.54) is 109 Å². The molecule has 1 aliphatic rings. The van der Waals surface area contributed by atoms with Gasteiger partial charge in [-0.2, -0.15) is 0 Å². The maximum Gasteiger partial charge on any atom is 0.335 e. The van der Waals surface area contributed by atoms with Crippen molar-refractivity contribution in [1.29, 1.82) is 0 Å². The number of ether oxygens (including phenoxy) is 5. The van der Waals surface area contributed by atoms with Gasteiger partial charge in [0.15, 0.2) is 24.6 Å². The van der Waals surface area contributed by atoms with Crippen LogP contribution in [0.5, 0.6) is 0 Å². The number of aliphatic hydroxyl groups is 2. The number of carboxylic acid groups (broad SMARTS) is 1. The highest BCUT2D eigenvalue weighted by atomic mass is 16.7. The maximum atomic E-state index is 13.1. The standard InChI is InChI=1S/C63H108O12/c1-4-7-10-13-16-19-22-25-26-27-28-29-30-33-36-39-42-45-48-51-57(66)74-61-59(68)58(67)60(62(69)70)75-63(61)72-53-54(73-56(65)50-47-44-41-38-35-32-24-21-18-15-12-9-6-3)52-71-55(64)49-46-43-40-37-34-31-23-20-17-14-11-8-5-2/h8,11,16-17,19-20,25-26,31,34,54,58-61,63,67-68H,4-7,9-10,12-15,18,21-24,27-30,32-33,35-53H2,1-3H3,(H,69,70)/b11-8-,19-16-,20-17-,26-25-,34-31-. The Morgan fingerprint density at radius 1 is 0.453 bits per heavy atom. The fourth-order valence-corrected chi connectivity index (χ4v) is 8.94. The van der Waals surface area contributed by atoms with Gasteiger partial charge in [0.1, 0.15) is 18.8 Å². The smallest absolute Gasteiger partial charge is 0.335 e. The quantitative estimate of drug-likeness (QED) is 0.0228. The predicted molar refractivity (Wildman–Crippen MR) is 303 cm³/mol. The first-order chi connectivity index (χ1) is 36.6. The lowest BCUT2D eigenvalue weighted by Gasteiger charge is -2.40. The topological polar surface area (TPSA) is 175 Å². The Bertz CT molecular complexity index is 1540. The predicted octanol–water partition coefficient (Wildman–Crippen LogP) is 15.6. The molecule has 1 fully saturated rings. The minimum atomic E-state index is -1.91. The number of aliphatic carboxylic acids is 1. The Kier molecular flexibility index (Phi) is 47.4. The number of allylic oxidation sites excluding steroid dienone is 10. The third-order valence-electron chi connectivity index (χ3n) is 13.6. The summed E-state index contributed by atoms with van der Waals surface area (Å²) in [5.74, 6) is -3.15. The van der Waals surface area contributed by atoms with Crippen molar-refractivity contribution in [1.82, 2.24) is 0 Å². The van der Waals surface area contributed by atoms with Crippen LogP contribution in [0, 0.1) is 0 Å². The monoisotopic (exact) mass is 1060 g/mol. The summed E-state index contributed by atoms with van der Waals surface area (Å²) in [5.41, 5.74) is 0. The van der Waals surface area contributed by atoms with E-state index in [1.807, 2.05) is 0 Å². The number of hydrogen-bond donors (Lipinski definition) is 3. The largest absolute Gasteiger partial charge is 0.479 e. The number of esters is 3. The fourth-order valence-electron chi connectivity index (χ4n) is 8.94. The molecule has 0 aromatic heterocycles. The van der Waals surface area contributed by atoms with E-state index in [2.05, 4.69) is 81.5 Å².